The minimum absolute atomic E-state index is 0.0472. The number of hydrazone groups is 1. The third-order valence-corrected chi connectivity index (χ3v) is 6.23. The van der Waals surface area contributed by atoms with Gasteiger partial charge in [0.15, 0.2) is 0 Å². The Kier molecular flexibility index (Phi) is 7.77. The van der Waals surface area contributed by atoms with E-state index < -0.39 is 23.6 Å². The molecule has 3 aromatic rings. The number of aryl methyl sites for hydroxylation is 1. The van der Waals surface area contributed by atoms with Crippen molar-refractivity contribution < 1.29 is 27.5 Å². The predicted molar refractivity (Wildman–Crippen MR) is 132 cm³/mol. The Hall–Kier alpha value is -3.92. The lowest BCUT2D eigenvalue weighted by Gasteiger charge is -2.27. The lowest BCUT2D eigenvalue weighted by molar-refractivity contribution is -0.137. The molecule has 0 aliphatic carbocycles. The van der Waals surface area contributed by atoms with E-state index in [0.29, 0.717) is 6.42 Å². The first-order valence-corrected chi connectivity index (χ1v) is 11.7. The van der Waals surface area contributed by atoms with E-state index in [1.165, 1.54) is 17.0 Å². The first-order chi connectivity index (χ1) is 17.7. The minimum Gasteiger partial charge on any atom is -0.383 e. The van der Waals surface area contributed by atoms with Gasteiger partial charge in [0.05, 0.1) is 29.6 Å². The number of benzene rings is 2. The van der Waals surface area contributed by atoms with E-state index >= 15 is 0 Å². The summed E-state index contributed by atoms with van der Waals surface area (Å²) in [5.74, 6) is -0.976. The summed E-state index contributed by atoms with van der Waals surface area (Å²) in [6.07, 6.45) is -2.11. The molecule has 0 saturated carbocycles. The summed E-state index contributed by atoms with van der Waals surface area (Å²) in [6, 6.07) is 16.9. The van der Waals surface area contributed by atoms with Gasteiger partial charge in [-0.2, -0.15) is 18.3 Å². The summed E-state index contributed by atoms with van der Waals surface area (Å²) in [4.78, 5) is 28.0. The monoisotopic (exact) mass is 512 g/mol. The first kappa shape index (κ1) is 26.2. The molecule has 0 fully saturated rings. The Bertz CT molecular complexity index is 1270. The van der Waals surface area contributed by atoms with E-state index in [0.717, 1.165) is 41.2 Å². The molecule has 2 heterocycles. The third-order valence-electron chi connectivity index (χ3n) is 6.23. The minimum atomic E-state index is -4.51. The number of halogens is 3. The van der Waals surface area contributed by atoms with Gasteiger partial charge in [0, 0.05) is 38.9 Å². The van der Waals surface area contributed by atoms with E-state index in [4.69, 9.17) is 4.74 Å². The molecule has 1 aromatic heterocycles. The lowest BCUT2D eigenvalue weighted by Crippen LogP contribution is -2.42. The van der Waals surface area contributed by atoms with Crippen LogP contribution in [0.2, 0.25) is 0 Å². The molecular weight excluding hydrogens is 485 g/mol. The van der Waals surface area contributed by atoms with Crippen molar-refractivity contribution in [2.75, 3.05) is 26.8 Å². The fraction of sp³-hybridized carbons (Fsp3) is 0.296. The molecule has 10 heteroatoms. The number of carbonyl (C=O) groups excluding carboxylic acids is 2. The van der Waals surface area contributed by atoms with Crippen LogP contribution in [0.4, 0.5) is 13.2 Å². The van der Waals surface area contributed by atoms with Crippen LogP contribution in [0.15, 0.2) is 78.0 Å². The molecule has 4 rings (SSSR count). The van der Waals surface area contributed by atoms with Crippen LogP contribution in [0, 0.1) is 0 Å². The van der Waals surface area contributed by atoms with Crippen LogP contribution >= 0.6 is 0 Å². The van der Waals surface area contributed by atoms with Crippen LogP contribution in [0.1, 0.15) is 39.6 Å². The van der Waals surface area contributed by atoms with Crippen molar-refractivity contribution in [3.63, 3.8) is 0 Å². The number of amides is 2. The number of ether oxygens (including phenoxy) is 1. The molecule has 1 aliphatic heterocycles. The van der Waals surface area contributed by atoms with Crippen LogP contribution < -0.4 is 0 Å². The Morgan fingerprint density at radius 1 is 1.05 bits per heavy atom. The Morgan fingerprint density at radius 3 is 2.35 bits per heavy atom. The van der Waals surface area contributed by atoms with E-state index in [1.807, 2.05) is 60.3 Å². The van der Waals surface area contributed by atoms with E-state index in [-0.39, 0.29) is 31.3 Å². The van der Waals surface area contributed by atoms with Gasteiger partial charge in [-0.15, -0.1) is 0 Å². The van der Waals surface area contributed by atoms with Crippen molar-refractivity contribution in [1.82, 2.24) is 14.5 Å². The van der Waals surface area contributed by atoms with Crippen LogP contribution in [-0.4, -0.2) is 58.8 Å². The molecule has 0 radical (unpaired) electrons. The SMILES string of the molecule is COCCN(CC(=O)N1N=C(c2cccn2C)C[C@@H]1c1ccccc1)C(=O)c1ccc(C(F)(F)F)cc1. The largest absolute Gasteiger partial charge is 0.416 e. The van der Waals surface area contributed by atoms with Crippen LogP contribution in [-0.2, 0) is 22.8 Å². The Balaban J connectivity index is 1.59. The highest BCUT2D eigenvalue weighted by molar-refractivity contribution is 6.02. The number of carbonyl (C=O) groups is 2. The van der Waals surface area contributed by atoms with Crippen molar-refractivity contribution in [3.05, 3.63) is 95.3 Å². The van der Waals surface area contributed by atoms with Gasteiger partial charge < -0.3 is 14.2 Å². The highest BCUT2D eigenvalue weighted by atomic mass is 19.4. The zero-order chi connectivity index (χ0) is 26.6. The zero-order valence-corrected chi connectivity index (χ0v) is 20.5. The van der Waals surface area contributed by atoms with Gasteiger partial charge in [-0.25, -0.2) is 5.01 Å². The molecule has 1 atom stereocenters. The molecule has 7 nitrogen and oxygen atoms in total. The summed E-state index contributed by atoms with van der Waals surface area (Å²) in [5.41, 5.74) is 1.72. The molecule has 37 heavy (non-hydrogen) atoms. The smallest absolute Gasteiger partial charge is 0.383 e. The van der Waals surface area contributed by atoms with Crippen molar-refractivity contribution in [2.45, 2.75) is 18.6 Å². The number of alkyl halides is 3. The van der Waals surface area contributed by atoms with Crippen molar-refractivity contribution in [3.8, 4) is 0 Å². The molecule has 0 spiro atoms. The highest BCUT2D eigenvalue weighted by Gasteiger charge is 2.35. The molecule has 0 saturated heterocycles. The maximum Gasteiger partial charge on any atom is 0.416 e. The second-order valence-electron chi connectivity index (χ2n) is 8.71. The second kappa shape index (κ2) is 11.0. The molecule has 194 valence electrons. The number of aromatic nitrogens is 1. The maximum atomic E-state index is 13.6. The predicted octanol–water partition coefficient (Wildman–Crippen LogP) is 4.51. The zero-order valence-electron chi connectivity index (χ0n) is 20.5. The second-order valence-corrected chi connectivity index (χ2v) is 8.71. The lowest BCUT2D eigenvalue weighted by atomic mass is 10.0. The Labute approximate surface area is 212 Å². The number of methoxy groups -OCH3 is 1. The van der Waals surface area contributed by atoms with Crippen LogP contribution in [0.25, 0.3) is 0 Å². The fourth-order valence-corrected chi connectivity index (χ4v) is 4.26. The van der Waals surface area contributed by atoms with Gasteiger partial charge in [0.2, 0.25) is 0 Å². The van der Waals surface area contributed by atoms with Crippen molar-refractivity contribution >= 4 is 17.5 Å². The van der Waals surface area contributed by atoms with E-state index in [1.54, 1.807) is 0 Å². The molecule has 1 aliphatic rings. The Morgan fingerprint density at radius 2 is 1.76 bits per heavy atom. The van der Waals surface area contributed by atoms with Gasteiger partial charge in [-0.1, -0.05) is 30.3 Å². The topological polar surface area (TPSA) is 67.1 Å². The quantitative estimate of drug-likeness (QED) is 0.446. The molecule has 2 amide bonds. The molecule has 0 N–H and O–H groups in total. The summed E-state index contributed by atoms with van der Waals surface area (Å²) in [6.45, 7) is -0.0730. The fourth-order valence-electron chi connectivity index (χ4n) is 4.26. The number of hydrogen-bond donors (Lipinski definition) is 0. The van der Waals surface area contributed by atoms with Crippen LogP contribution in [0.3, 0.4) is 0 Å². The normalized spacial score (nSPS) is 15.5. The van der Waals surface area contributed by atoms with E-state index in [2.05, 4.69) is 5.10 Å². The summed E-state index contributed by atoms with van der Waals surface area (Å²) in [5, 5.41) is 6.04. The number of hydrogen-bond acceptors (Lipinski definition) is 4. The average Bonchev–Trinajstić information content (AvgIpc) is 3.52. The van der Waals surface area contributed by atoms with Crippen molar-refractivity contribution in [2.24, 2.45) is 12.1 Å². The molecule has 0 bridgehead atoms. The average molecular weight is 513 g/mol. The number of rotatable bonds is 8. The standard InChI is InChI=1S/C27H27F3N4O3/c1-32-14-6-9-23(32)22-17-24(19-7-4-3-5-8-19)34(31-22)25(35)18-33(15-16-37-2)26(36)20-10-12-21(13-11-20)27(28,29)30/h3-14,24H,15-18H2,1-2H3/t24-/m1/s1. The van der Waals surface area contributed by atoms with Crippen LogP contribution in [0.5, 0.6) is 0 Å². The highest BCUT2D eigenvalue weighted by Crippen LogP contribution is 2.33. The van der Waals surface area contributed by atoms with E-state index in [9.17, 15) is 22.8 Å². The van der Waals surface area contributed by atoms with Gasteiger partial charge in [0.1, 0.15) is 6.54 Å². The van der Waals surface area contributed by atoms with Gasteiger partial charge in [-0.05, 0) is 42.0 Å². The molecule has 2 aromatic carbocycles. The summed E-state index contributed by atoms with van der Waals surface area (Å²) < 4.78 is 45.9. The summed E-state index contributed by atoms with van der Waals surface area (Å²) >= 11 is 0. The third kappa shape index (κ3) is 5.91. The molecular formula is C27H27F3N4O3. The van der Waals surface area contributed by atoms with Gasteiger partial charge in [-0.3, -0.25) is 9.59 Å². The van der Waals surface area contributed by atoms with Gasteiger partial charge >= 0.3 is 6.18 Å². The number of nitrogens with zero attached hydrogens (tertiary/aromatic N) is 4. The summed E-state index contributed by atoms with van der Waals surface area (Å²) in [7, 11) is 3.36. The van der Waals surface area contributed by atoms with Crippen molar-refractivity contribution in [1.29, 1.82) is 0 Å². The molecule has 0 unspecified atom stereocenters. The van der Waals surface area contributed by atoms with Gasteiger partial charge in [0.25, 0.3) is 11.8 Å². The maximum absolute atomic E-state index is 13.6. The first-order valence-electron chi connectivity index (χ1n) is 11.7.